The van der Waals surface area contributed by atoms with Crippen molar-refractivity contribution in [2.45, 2.75) is 0 Å². The van der Waals surface area contributed by atoms with Crippen molar-refractivity contribution in [1.82, 2.24) is 0 Å². The van der Waals surface area contributed by atoms with Gasteiger partial charge in [0.15, 0.2) is 0 Å². The monoisotopic (exact) mass is 673 g/mol. The Kier molecular flexibility index (Phi) is 133. The van der Waals surface area contributed by atoms with Crippen LogP contribution in [-0.4, -0.2) is 227 Å². The van der Waals surface area contributed by atoms with Gasteiger partial charge in [-0.25, -0.2) is 0 Å². The molecule has 0 aromatic rings. The molecule has 0 nitrogen and oxygen atoms in total. The topological polar surface area (TPSA) is 0 Å². The molecule has 0 saturated carbocycles. The van der Waals surface area contributed by atoms with Crippen LogP contribution in [-0.2, 0) is 0 Å². The summed E-state index contributed by atoms with van der Waals surface area (Å²) in [7, 11) is 0. The molecule has 9 radical (unpaired) electrons. The molecule has 0 aromatic heterocycles. The van der Waals surface area contributed by atoms with E-state index in [1.807, 2.05) is 0 Å². The molecule has 0 saturated heterocycles. The zero-order valence-electron chi connectivity index (χ0n) is 3.89. The average molecular weight is 674 g/mol. The van der Waals surface area contributed by atoms with Gasteiger partial charge in [0.2, 0.25) is 0 Å². The molecule has 0 rings (SSSR count). The fourth-order valence-electron chi connectivity index (χ4n) is 0. The summed E-state index contributed by atoms with van der Waals surface area (Å²) in [4.78, 5) is 0. The molecular formula is Bi2Rb3. The van der Waals surface area contributed by atoms with Crippen LogP contribution in [0.3, 0.4) is 0 Å². The summed E-state index contributed by atoms with van der Waals surface area (Å²) < 4.78 is 0. The van der Waals surface area contributed by atoms with E-state index in [0.29, 0.717) is 0 Å². The number of hydrogen-bond acceptors (Lipinski definition) is 0. The molecule has 0 fully saturated rings. The van der Waals surface area contributed by atoms with Crippen molar-refractivity contribution in [2.75, 3.05) is 0 Å². The predicted molar refractivity (Wildman–Crippen MR) is 28.8 cm³/mol. The van der Waals surface area contributed by atoms with Crippen LogP contribution in [0.1, 0.15) is 0 Å². The Balaban J connectivity index is 0. The van der Waals surface area contributed by atoms with Crippen LogP contribution in [0.5, 0.6) is 0 Å². The third-order valence-electron chi connectivity index (χ3n) is 0. The van der Waals surface area contributed by atoms with E-state index in [0.717, 1.165) is 0 Å². The van der Waals surface area contributed by atoms with Crippen molar-refractivity contribution >= 4 is 227 Å². The summed E-state index contributed by atoms with van der Waals surface area (Å²) in [5.41, 5.74) is 0. The van der Waals surface area contributed by atoms with Crippen LogP contribution in [0.15, 0.2) is 0 Å². The van der Waals surface area contributed by atoms with Crippen LogP contribution in [0.4, 0.5) is 0 Å². The molecule has 5 heavy (non-hydrogen) atoms. The van der Waals surface area contributed by atoms with Gasteiger partial charge in [-0.1, -0.05) is 0 Å². The second-order valence-corrected chi connectivity index (χ2v) is 0. The maximum absolute atomic E-state index is 0. The van der Waals surface area contributed by atoms with Gasteiger partial charge in [-0.15, -0.1) is 0 Å². The van der Waals surface area contributed by atoms with E-state index in [9.17, 15) is 0 Å². The minimum Gasteiger partial charge on any atom is 0 e. The molecular weight excluding hydrogens is 674 g/mol. The van der Waals surface area contributed by atoms with E-state index in [1.54, 1.807) is 0 Å². The molecule has 0 aromatic carbocycles. The Labute approximate surface area is 218 Å². The normalized spacial score (nSPS) is 0. The van der Waals surface area contributed by atoms with Crippen molar-refractivity contribution in [2.24, 2.45) is 0 Å². The first-order valence-electron chi connectivity index (χ1n) is 0. The molecule has 0 amide bonds. The molecule has 0 bridgehead atoms. The Morgan fingerprint density at radius 2 is 0.400 bits per heavy atom. The van der Waals surface area contributed by atoms with Gasteiger partial charge in [0.25, 0.3) is 0 Å². The molecule has 0 atom stereocenters. The Morgan fingerprint density at radius 1 is 0.400 bits per heavy atom. The number of rotatable bonds is 0. The van der Waals surface area contributed by atoms with E-state index in [1.165, 1.54) is 0 Å². The molecule has 0 heterocycles. The van der Waals surface area contributed by atoms with E-state index >= 15 is 0 Å². The second-order valence-electron chi connectivity index (χ2n) is 0. The molecule has 0 unspecified atom stereocenters. The molecule has 0 spiro atoms. The van der Waals surface area contributed by atoms with E-state index in [-0.39, 0.29) is 227 Å². The summed E-state index contributed by atoms with van der Waals surface area (Å²) in [6.07, 6.45) is 0. The average Bonchev–Trinajstić information content (AvgIpc) is 0. The largest absolute Gasteiger partial charge is 0 e. The van der Waals surface area contributed by atoms with Gasteiger partial charge in [-0.05, 0) is 0 Å². The van der Waals surface area contributed by atoms with Gasteiger partial charge >= 0.3 is 0 Å². The van der Waals surface area contributed by atoms with Gasteiger partial charge in [-0.3, -0.25) is 0 Å². The second kappa shape index (κ2) is 22.5. The zero-order valence-corrected chi connectivity index (χ0v) is 25.6. The fraction of sp³-hybridized carbons (Fsp3) is 0. The molecule has 0 aliphatic carbocycles. The van der Waals surface area contributed by atoms with Gasteiger partial charge in [-0.2, -0.15) is 0 Å². The van der Waals surface area contributed by atoms with Crippen molar-refractivity contribution in [3.05, 3.63) is 0 Å². The van der Waals surface area contributed by atoms with Crippen molar-refractivity contribution in [3.8, 4) is 0 Å². The maximum atomic E-state index is 0. The number of hydrogen-bond donors (Lipinski definition) is 0. The van der Waals surface area contributed by atoms with Crippen LogP contribution in [0.2, 0.25) is 0 Å². The third-order valence-corrected chi connectivity index (χ3v) is 0. The van der Waals surface area contributed by atoms with E-state index in [4.69, 9.17) is 0 Å². The Morgan fingerprint density at radius 3 is 0.400 bits per heavy atom. The van der Waals surface area contributed by atoms with Gasteiger partial charge in [0, 0.05) is 227 Å². The van der Waals surface area contributed by atoms with Crippen LogP contribution < -0.4 is 0 Å². The minimum atomic E-state index is 0. The summed E-state index contributed by atoms with van der Waals surface area (Å²) in [6, 6.07) is 0. The summed E-state index contributed by atoms with van der Waals surface area (Å²) >= 11 is 0. The minimum absolute atomic E-state index is 0. The quantitative estimate of drug-likeness (QED) is 0.264. The smallest absolute Gasteiger partial charge is 0 e. The first-order chi connectivity index (χ1) is 0. The van der Waals surface area contributed by atoms with Crippen molar-refractivity contribution < 1.29 is 0 Å². The molecule has 0 aliphatic heterocycles. The molecule has 0 N–H and O–H groups in total. The maximum Gasteiger partial charge on any atom is 0 e. The van der Waals surface area contributed by atoms with E-state index < -0.39 is 0 Å². The predicted octanol–water partition coefficient (Wildman–Crippen LogP) is -1.90. The van der Waals surface area contributed by atoms with Crippen molar-refractivity contribution in [1.29, 1.82) is 0 Å². The summed E-state index contributed by atoms with van der Waals surface area (Å²) in [5.74, 6) is 0. The Bertz CT molecular complexity index is 4.85. The summed E-state index contributed by atoms with van der Waals surface area (Å²) in [5, 5.41) is 0. The van der Waals surface area contributed by atoms with Crippen LogP contribution in [0, 0.1) is 0 Å². The third kappa shape index (κ3) is 18.3. The summed E-state index contributed by atoms with van der Waals surface area (Å²) in [6.45, 7) is 0. The zero-order chi connectivity index (χ0) is 0. The van der Waals surface area contributed by atoms with Gasteiger partial charge in [0.05, 0.1) is 0 Å². The first kappa shape index (κ1) is 29.5. The standard InChI is InChI=1S/2Bi.3Rb. The first-order valence-corrected chi connectivity index (χ1v) is 0. The van der Waals surface area contributed by atoms with E-state index in [2.05, 4.69) is 0 Å². The Hall–Kier alpha value is 7.18. The van der Waals surface area contributed by atoms with Crippen LogP contribution >= 0.6 is 0 Å². The van der Waals surface area contributed by atoms with Gasteiger partial charge < -0.3 is 0 Å². The van der Waals surface area contributed by atoms with Crippen molar-refractivity contribution in [3.63, 3.8) is 0 Å². The fourth-order valence-corrected chi connectivity index (χ4v) is 0. The SMILES string of the molecule is [Bi].[Bi].[Rb].[Rb].[Rb]. The molecule has 5 heteroatoms. The molecule has 0 aliphatic rings. The van der Waals surface area contributed by atoms with Crippen LogP contribution in [0.25, 0.3) is 0 Å². The van der Waals surface area contributed by atoms with Gasteiger partial charge in [0.1, 0.15) is 0 Å². The molecule has 13 valence electrons.